The minimum absolute atomic E-state index is 0.0573. The van der Waals surface area contributed by atoms with E-state index in [2.05, 4.69) is 10.3 Å². The third kappa shape index (κ3) is 4.56. The van der Waals surface area contributed by atoms with Crippen LogP contribution in [0.15, 0.2) is 29.6 Å². The van der Waals surface area contributed by atoms with E-state index in [0.29, 0.717) is 16.6 Å². The molecule has 0 saturated carbocycles. The van der Waals surface area contributed by atoms with Crippen LogP contribution in [-0.2, 0) is 16.0 Å². The van der Waals surface area contributed by atoms with Gasteiger partial charge in [0.1, 0.15) is 5.75 Å². The molecule has 0 spiro atoms. The molecule has 1 atom stereocenters. The summed E-state index contributed by atoms with van der Waals surface area (Å²) in [6, 6.07) is 7.48. The summed E-state index contributed by atoms with van der Waals surface area (Å²) < 4.78 is 5.59. The molecule has 0 bridgehead atoms. The normalized spacial score (nSPS) is 11.7. The highest BCUT2D eigenvalue weighted by Crippen LogP contribution is 2.18. The Morgan fingerprint density at radius 1 is 1.45 bits per heavy atom. The Morgan fingerprint density at radius 3 is 2.91 bits per heavy atom. The van der Waals surface area contributed by atoms with Gasteiger partial charge in [-0.3, -0.25) is 14.9 Å². The smallest absolute Gasteiger partial charge is 0.266 e. The van der Waals surface area contributed by atoms with E-state index >= 15 is 0 Å². The standard InChI is InChI=1S/C15H17N3O3S/c1-9-4-3-5-12(6-9)21-10(2)14(20)18-15-17-11(8-22-15)7-13(16)19/h3-6,8,10H,7H2,1-2H3,(H2,16,19)(H,17,18,20). The Hall–Kier alpha value is -2.41. The predicted molar refractivity (Wildman–Crippen MR) is 84.9 cm³/mol. The number of hydrogen-bond donors (Lipinski definition) is 2. The summed E-state index contributed by atoms with van der Waals surface area (Å²) >= 11 is 1.24. The maximum atomic E-state index is 12.1. The van der Waals surface area contributed by atoms with Gasteiger partial charge in [0.05, 0.1) is 12.1 Å². The molecule has 0 saturated heterocycles. The van der Waals surface area contributed by atoms with Crippen LogP contribution in [0.25, 0.3) is 0 Å². The molecule has 6 nitrogen and oxygen atoms in total. The Kier molecular flexibility index (Phi) is 5.11. The van der Waals surface area contributed by atoms with Gasteiger partial charge in [-0.05, 0) is 31.5 Å². The number of thiazole rings is 1. The molecule has 0 radical (unpaired) electrons. The third-order valence-electron chi connectivity index (χ3n) is 2.81. The number of aryl methyl sites for hydroxylation is 1. The van der Waals surface area contributed by atoms with E-state index in [0.717, 1.165) is 5.56 Å². The number of ether oxygens (including phenoxy) is 1. The molecule has 0 fully saturated rings. The lowest BCUT2D eigenvalue weighted by Crippen LogP contribution is -2.30. The van der Waals surface area contributed by atoms with Crippen LogP contribution >= 0.6 is 11.3 Å². The van der Waals surface area contributed by atoms with Gasteiger partial charge >= 0.3 is 0 Å². The molecule has 7 heteroatoms. The lowest BCUT2D eigenvalue weighted by Gasteiger charge is -2.14. The van der Waals surface area contributed by atoms with Gasteiger partial charge in [-0.2, -0.15) is 0 Å². The highest BCUT2D eigenvalue weighted by Gasteiger charge is 2.16. The number of aromatic nitrogens is 1. The molecular formula is C15H17N3O3S. The van der Waals surface area contributed by atoms with Crippen LogP contribution in [0.3, 0.4) is 0 Å². The van der Waals surface area contributed by atoms with Gasteiger partial charge in [-0.15, -0.1) is 11.3 Å². The summed E-state index contributed by atoms with van der Waals surface area (Å²) in [5.74, 6) is -0.128. The summed E-state index contributed by atoms with van der Waals surface area (Å²) in [6.45, 7) is 3.61. The fraction of sp³-hybridized carbons (Fsp3) is 0.267. The molecule has 0 aliphatic carbocycles. The van der Waals surface area contributed by atoms with Crippen molar-refractivity contribution in [1.82, 2.24) is 4.98 Å². The molecule has 2 aromatic rings. The molecule has 2 rings (SSSR count). The highest BCUT2D eigenvalue weighted by atomic mass is 32.1. The number of primary amides is 1. The average molecular weight is 319 g/mol. The van der Waals surface area contributed by atoms with Crippen LogP contribution in [0, 0.1) is 6.92 Å². The van der Waals surface area contributed by atoms with E-state index in [1.54, 1.807) is 18.4 Å². The minimum Gasteiger partial charge on any atom is -0.481 e. The van der Waals surface area contributed by atoms with E-state index in [1.807, 2.05) is 25.1 Å². The summed E-state index contributed by atoms with van der Waals surface area (Å²) in [7, 11) is 0. The van der Waals surface area contributed by atoms with Crippen molar-refractivity contribution in [1.29, 1.82) is 0 Å². The van der Waals surface area contributed by atoms with Crippen molar-refractivity contribution in [2.24, 2.45) is 5.73 Å². The second-order valence-corrected chi connectivity index (χ2v) is 5.71. The number of benzene rings is 1. The van der Waals surface area contributed by atoms with Crippen LogP contribution < -0.4 is 15.8 Å². The zero-order valence-electron chi connectivity index (χ0n) is 12.3. The molecule has 1 aromatic carbocycles. The minimum atomic E-state index is -0.662. The van der Waals surface area contributed by atoms with Gasteiger partial charge in [-0.25, -0.2) is 4.98 Å². The fourth-order valence-corrected chi connectivity index (χ4v) is 2.49. The first kappa shape index (κ1) is 16.0. The summed E-state index contributed by atoms with van der Waals surface area (Å²) in [5, 5.41) is 4.77. The number of hydrogen-bond acceptors (Lipinski definition) is 5. The second-order valence-electron chi connectivity index (χ2n) is 4.85. The number of carbonyl (C=O) groups is 2. The van der Waals surface area contributed by atoms with E-state index in [-0.39, 0.29) is 12.3 Å². The molecular weight excluding hydrogens is 302 g/mol. The SMILES string of the molecule is Cc1cccc(OC(C)C(=O)Nc2nc(CC(N)=O)cs2)c1. The lowest BCUT2D eigenvalue weighted by atomic mass is 10.2. The van der Waals surface area contributed by atoms with Crippen LogP contribution in [0.2, 0.25) is 0 Å². The molecule has 2 amide bonds. The third-order valence-corrected chi connectivity index (χ3v) is 3.62. The first-order valence-electron chi connectivity index (χ1n) is 6.71. The number of nitrogens with one attached hydrogen (secondary N) is 1. The van der Waals surface area contributed by atoms with E-state index < -0.39 is 12.0 Å². The van der Waals surface area contributed by atoms with Crippen LogP contribution in [0.5, 0.6) is 5.75 Å². The maximum absolute atomic E-state index is 12.1. The Morgan fingerprint density at radius 2 is 2.23 bits per heavy atom. The first-order valence-corrected chi connectivity index (χ1v) is 7.59. The molecule has 0 aliphatic heterocycles. The predicted octanol–water partition coefficient (Wildman–Crippen LogP) is 1.89. The summed E-state index contributed by atoms with van der Waals surface area (Å²) in [6.07, 6.45) is -0.605. The van der Waals surface area contributed by atoms with Gasteiger partial charge in [0.15, 0.2) is 11.2 Å². The second kappa shape index (κ2) is 7.04. The van der Waals surface area contributed by atoms with Gasteiger partial charge in [0.2, 0.25) is 5.91 Å². The van der Waals surface area contributed by atoms with E-state index in [1.165, 1.54) is 11.3 Å². The Balaban J connectivity index is 1.93. The molecule has 0 aliphatic rings. The highest BCUT2D eigenvalue weighted by molar-refractivity contribution is 7.13. The van der Waals surface area contributed by atoms with Gasteiger partial charge in [-0.1, -0.05) is 12.1 Å². The van der Waals surface area contributed by atoms with Crippen molar-refractivity contribution in [3.63, 3.8) is 0 Å². The number of anilines is 1. The summed E-state index contributed by atoms with van der Waals surface area (Å²) in [5.41, 5.74) is 6.70. The quantitative estimate of drug-likeness (QED) is 0.850. The molecule has 1 heterocycles. The Bertz CT molecular complexity index is 684. The van der Waals surface area contributed by atoms with Gasteiger partial charge in [0.25, 0.3) is 5.91 Å². The molecule has 3 N–H and O–H groups in total. The van der Waals surface area contributed by atoms with Crippen molar-refractivity contribution in [3.05, 3.63) is 40.9 Å². The number of carbonyl (C=O) groups excluding carboxylic acids is 2. The van der Waals surface area contributed by atoms with Crippen molar-refractivity contribution >= 4 is 28.3 Å². The van der Waals surface area contributed by atoms with Crippen LogP contribution in [0.4, 0.5) is 5.13 Å². The van der Waals surface area contributed by atoms with Gasteiger partial charge < -0.3 is 10.5 Å². The zero-order valence-corrected chi connectivity index (χ0v) is 13.1. The molecule has 22 heavy (non-hydrogen) atoms. The van der Waals surface area contributed by atoms with E-state index in [9.17, 15) is 9.59 Å². The summed E-state index contributed by atoms with van der Waals surface area (Å²) in [4.78, 5) is 27.0. The fourth-order valence-electron chi connectivity index (χ4n) is 1.78. The van der Waals surface area contributed by atoms with Crippen LogP contribution in [0.1, 0.15) is 18.2 Å². The van der Waals surface area contributed by atoms with Crippen LogP contribution in [-0.4, -0.2) is 22.9 Å². The molecule has 1 unspecified atom stereocenters. The van der Waals surface area contributed by atoms with Crippen molar-refractivity contribution in [2.75, 3.05) is 5.32 Å². The van der Waals surface area contributed by atoms with Crippen molar-refractivity contribution < 1.29 is 14.3 Å². The van der Waals surface area contributed by atoms with E-state index in [4.69, 9.17) is 10.5 Å². The largest absolute Gasteiger partial charge is 0.481 e. The topological polar surface area (TPSA) is 94.3 Å². The maximum Gasteiger partial charge on any atom is 0.266 e. The first-order chi connectivity index (χ1) is 10.4. The van der Waals surface area contributed by atoms with Gasteiger partial charge in [0, 0.05) is 5.38 Å². The zero-order chi connectivity index (χ0) is 16.1. The molecule has 116 valence electrons. The number of nitrogens with zero attached hydrogens (tertiary/aromatic N) is 1. The number of rotatable bonds is 6. The van der Waals surface area contributed by atoms with Crippen molar-refractivity contribution in [2.45, 2.75) is 26.4 Å². The average Bonchev–Trinajstić information content (AvgIpc) is 2.85. The number of nitrogens with two attached hydrogens (primary N) is 1. The lowest BCUT2D eigenvalue weighted by molar-refractivity contribution is -0.122. The monoisotopic (exact) mass is 319 g/mol. The number of amides is 2. The Labute approximate surface area is 132 Å². The van der Waals surface area contributed by atoms with Crippen molar-refractivity contribution in [3.8, 4) is 5.75 Å². The molecule has 1 aromatic heterocycles.